The molecular formula is C17H21N3O4. The lowest BCUT2D eigenvalue weighted by molar-refractivity contribution is -0.116. The molecule has 0 unspecified atom stereocenters. The Hall–Kier alpha value is -2.80. The molecule has 0 radical (unpaired) electrons. The lowest BCUT2D eigenvalue weighted by atomic mass is 10.0. The Kier molecular flexibility index (Phi) is 5.25. The molecule has 1 aliphatic rings. The Labute approximate surface area is 140 Å². The number of nitrogens with zero attached hydrogens (tertiary/aromatic N) is 1. The molecule has 0 spiro atoms. The van der Waals surface area contributed by atoms with Gasteiger partial charge in [0.2, 0.25) is 11.6 Å². The van der Waals surface area contributed by atoms with Gasteiger partial charge in [-0.3, -0.25) is 9.59 Å². The zero-order valence-corrected chi connectivity index (χ0v) is 13.9. The highest BCUT2D eigenvalue weighted by Crippen LogP contribution is 2.31. The maximum atomic E-state index is 12.3. The molecule has 0 aliphatic heterocycles. The van der Waals surface area contributed by atoms with Crippen molar-refractivity contribution in [1.82, 2.24) is 4.90 Å². The number of rotatable bonds is 6. The SMILES string of the molecule is COc1cc(N)c(C)cc1NC1=CC(=O)C(N(C)CCO)=CC1=O. The number of benzene rings is 1. The molecule has 1 aliphatic carbocycles. The third kappa shape index (κ3) is 3.57. The number of hydrogen-bond acceptors (Lipinski definition) is 7. The number of aliphatic hydroxyl groups excluding tert-OH is 1. The number of anilines is 2. The summed E-state index contributed by atoms with van der Waals surface area (Å²) in [5.41, 5.74) is 8.21. The largest absolute Gasteiger partial charge is 0.494 e. The van der Waals surface area contributed by atoms with Crippen LogP contribution < -0.4 is 15.8 Å². The average molecular weight is 331 g/mol. The number of ether oxygens (including phenoxy) is 1. The molecule has 0 aromatic heterocycles. The van der Waals surface area contributed by atoms with E-state index in [-0.39, 0.29) is 36.1 Å². The van der Waals surface area contributed by atoms with Crippen molar-refractivity contribution < 1.29 is 19.4 Å². The van der Waals surface area contributed by atoms with Crippen molar-refractivity contribution in [2.45, 2.75) is 6.92 Å². The lowest BCUT2D eigenvalue weighted by Crippen LogP contribution is -2.30. The number of likely N-dealkylation sites (N-methyl/N-ethyl adjacent to an activating group) is 1. The van der Waals surface area contributed by atoms with Gasteiger partial charge >= 0.3 is 0 Å². The van der Waals surface area contributed by atoms with Gasteiger partial charge in [-0.15, -0.1) is 0 Å². The molecule has 7 heteroatoms. The first kappa shape index (κ1) is 17.6. The van der Waals surface area contributed by atoms with Crippen LogP contribution in [0.2, 0.25) is 0 Å². The van der Waals surface area contributed by atoms with Crippen LogP contribution in [-0.4, -0.2) is 48.9 Å². The van der Waals surface area contributed by atoms with Crippen molar-refractivity contribution in [1.29, 1.82) is 0 Å². The number of hydrogen-bond donors (Lipinski definition) is 3. The topological polar surface area (TPSA) is 105 Å². The quantitative estimate of drug-likeness (QED) is 0.524. The van der Waals surface area contributed by atoms with Gasteiger partial charge in [-0.2, -0.15) is 0 Å². The number of methoxy groups -OCH3 is 1. The molecule has 1 aromatic carbocycles. The van der Waals surface area contributed by atoms with Crippen molar-refractivity contribution >= 4 is 22.9 Å². The molecule has 0 amide bonds. The van der Waals surface area contributed by atoms with E-state index in [9.17, 15) is 9.59 Å². The summed E-state index contributed by atoms with van der Waals surface area (Å²) in [6.07, 6.45) is 2.51. The van der Waals surface area contributed by atoms with Crippen LogP contribution in [-0.2, 0) is 9.59 Å². The molecule has 24 heavy (non-hydrogen) atoms. The van der Waals surface area contributed by atoms with Gasteiger partial charge < -0.3 is 25.8 Å². The van der Waals surface area contributed by atoms with Crippen LogP contribution in [0.25, 0.3) is 0 Å². The Morgan fingerprint density at radius 2 is 1.96 bits per heavy atom. The summed E-state index contributed by atoms with van der Waals surface area (Å²) in [5.74, 6) is -0.156. The molecule has 1 aromatic rings. The second-order valence-corrected chi connectivity index (χ2v) is 5.50. The zero-order valence-electron chi connectivity index (χ0n) is 13.9. The van der Waals surface area contributed by atoms with E-state index in [1.165, 1.54) is 19.3 Å². The number of nitrogens with two attached hydrogens (primary N) is 1. The van der Waals surface area contributed by atoms with E-state index in [1.807, 2.05) is 6.92 Å². The number of ketones is 2. The first-order valence-electron chi connectivity index (χ1n) is 7.42. The highest BCUT2D eigenvalue weighted by molar-refractivity contribution is 6.20. The van der Waals surface area contributed by atoms with E-state index in [0.717, 1.165) is 5.56 Å². The Morgan fingerprint density at radius 3 is 2.58 bits per heavy atom. The predicted molar refractivity (Wildman–Crippen MR) is 91.7 cm³/mol. The lowest BCUT2D eigenvalue weighted by Gasteiger charge is -2.23. The van der Waals surface area contributed by atoms with Gasteiger partial charge in [0.1, 0.15) is 5.75 Å². The van der Waals surface area contributed by atoms with Gasteiger partial charge in [0.15, 0.2) is 0 Å². The Balaban J connectivity index is 2.27. The fourth-order valence-corrected chi connectivity index (χ4v) is 2.33. The maximum absolute atomic E-state index is 12.3. The molecule has 0 saturated carbocycles. The normalized spacial score (nSPS) is 14.2. The minimum Gasteiger partial charge on any atom is -0.494 e. The molecule has 2 rings (SSSR count). The van der Waals surface area contributed by atoms with Crippen molar-refractivity contribution in [3.63, 3.8) is 0 Å². The summed E-state index contributed by atoms with van der Waals surface area (Å²) in [7, 11) is 3.14. The highest BCUT2D eigenvalue weighted by Gasteiger charge is 2.23. The van der Waals surface area contributed by atoms with Crippen molar-refractivity contribution in [2.75, 3.05) is 38.4 Å². The average Bonchev–Trinajstić information content (AvgIpc) is 2.53. The van der Waals surface area contributed by atoms with E-state index in [4.69, 9.17) is 15.6 Å². The van der Waals surface area contributed by atoms with Crippen LogP contribution in [0.1, 0.15) is 5.56 Å². The van der Waals surface area contributed by atoms with Gasteiger partial charge in [-0.1, -0.05) is 0 Å². The van der Waals surface area contributed by atoms with E-state index in [1.54, 1.807) is 24.1 Å². The van der Waals surface area contributed by atoms with Gasteiger partial charge in [-0.25, -0.2) is 0 Å². The van der Waals surface area contributed by atoms with Crippen molar-refractivity contribution in [2.24, 2.45) is 0 Å². The fourth-order valence-electron chi connectivity index (χ4n) is 2.33. The number of allylic oxidation sites excluding steroid dienone is 2. The summed E-state index contributed by atoms with van der Waals surface area (Å²) >= 11 is 0. The van der Waals surface area contributed by atoms with Crippen LogP contribution in [0.4, 0.5) is 11.4 Å². The van der Waals surface area contributed by atoms with Crippen LogP contribution in [0.15, 0.2) is 35.7 Å². The van der Waals surface area contributed by atoms with Gasteiger partial charge in [0.25, 0.3) is 0 Å². The Bertz CT molecular complexity index is 738. The first-order valence-corrected chi connectivity index (χ1v) is 7.42. The minimum absolute atomic E-state index is 0.105. The molecule has 0 atom stereocenters. The molecule has 0 saturated heterocycles. The van der Waals surface area contributed by atoms with Gasteiger partial charge in [0, 0.05) is 37.5 Å². The van der Waals surface area contributed by atoms with Crippen molar-refractivity contribution in [3.8, 4) is 5.75 Å². The van der Waals surface area contributed by atoms with Crippen LogP contribution in [0.3, 0.4) is 0 Å². The van der Waals surface area contributed by atoms with Gasteiger partial charge in [-0.05, 0) is 18.6 Å². The summed E-state index contributed by atoms with van der Waals surface area (Å²) in [4.78, 5) is 26.1. The standard InChI is InChI=1S/C17H21N3O4/c1-10-6-13(17(24-3)7-11(10)18)19-12-8-16(23)14(9-15(12)22)20(2)4-5-21/h6-9,19,21H,4-5,18H2,1-3H3. The number of carbonyl (C=O) groups excluding carboxylic acids is 2. The van der Waals surface area contributed by atoms with E-state index in [2.05, 4.69) is 5.32 Å². The molecule has 4 N–H and O–H groups in total. The number of nitrogens with one attached hydrogen (secondary N) is 1. The van der Waals surface area contributed by atoms with Crippen LogP contribution >= 0.6 is 0 Å². The molecule has 128 valence electrons. The van der Waals surface area contributed by atoms with Crippen molar-refractivity contribution in [3.05, 3.63) is 41.2 Å². The number of nitrogen functional groups attached to an aromatic ring is 1. The number of aryl methyl sites for hydroxylation is 1. The summed E-state index contributed by atoms with van der Waals surface area (Å²) in [6.45, 7) is 2.00. The predicted octanol–water partition coefficient (Wildman–Crippen LogP) is 0.841. The molecular weight excluding hydrogens is 310 g/mol. The van der Waals surface area contributed by atoms with Gasteiger partial charge in [0.05, 0.1) is 30.8 Å². The van der Waals surface area contributed by atoms with Crippen LogP contribution in [0.5, 0.6) is 5.75 Å². The third-order valence-corrected chi connectivity index (χ3v) is 3.77. The molecule has 0 heterocycles. The number of aliphatic hydroxyl groups is 1. The monoisotopic (exact) mass is 331 g/mol. The van der Waals surface area contributed by atoms with Crippen LogP contribution in [0, 0.1) is 6.92 Å². The Morgan fingerprint density at radius 1 is 1.25 bits per heavy atom. The maximum Gasteiger partial charge on any atom is 0.204 e. The summed E-state index contributed by atoms with van der Waals surface area (Å²) in [5, 5.41) is 11.9. The summed E-state index contributed by atoms with van der Waals surface area (Å²) < 4.78 is 5.26. The van der Waals surface area contributed by atoms with E-state index in [0.29, 0.717) is 17.1 Å². The first-order chi connectivity index (χ1) is 11.4. The second-order valence-electron chi connectivity index (χ2n) is 5.50. The minimum atomic E-state index is -0.328. The van der Waals surface area contributed by atoms with E-state index < -0.39 is 0 Å². The fraction of sp³-hybridized carbons (Fsp3) is 0.294. The molecule has 7 nitrogen and oxygen atoms in total. The zero-order chi connectivity index (χ0) is 17.9. The molecule has 0 fully saturated rings. The smallest absolute Gasteiger partial charge is 0.204 e. The molecule has 0 bridgehead atoms. The second kappa shape index (κ2) is 7.18. The number of carbonyl (C=O) groups is 2. The summed E-state index contributed by atoms with van der Waals surface area (Å²) in [6, 6.07) is 3.41. The third-order valence-electron chi connectivity index (χ3n) is 3.77. The highest BCUT2D eigenvalue weighted by atomic mass is 16.5. The van der Waals surface area contributed by atoms with E-state index >= 15 is 0 Å².